The van der Waals surface area contributed by atoms with Crippen molar-refractivity contribution in [3.05, 3.63) is 0 Å². The Morgan fingerprint density at radius 3 is 2.22 bits per heavy atom. The van der Waals surface area contributed by atoms with E-state index in [0.29, 0.717) is 12.8 Å². The van der Waals surface area contributed by atoms with Crippen LogP contribution in [0.5, 0.6) is 0 Å². The number of aliphatic hydroxyl groups excluding tert-OH is 2. The molecule has 1 aliphatic rings. The quantitative estimate of drug-likeness (QED) is 0.645. The van der Waals surface area contributed by atoms with Crippen LogP contribution in [0.1, 0.15) is 33.6 Å². The first-order valence-electron chi connectivity index (χ1n) is 5.63. The number of nitrogens with one attached hydrogen (secondary N) is 1. The SMILES string of the molecule is CC1(C)C[C@@H](O)[C@@H](O)[C@](C)(NC(=O)C(Cl)(Cl)Cl)C1. The third-order valence-electron chi connectivity index (χ3n) is 3.28. The van der Waals surface area contributed by atoms with Gasteiger partial charge in [0.15, 0.2) is 0 Å². The summed E-state index contributed by atoms with van der Waals surface area (Å²) in [7, 11) is 0. The fourth-order valence-electron chi connectivity index (χ4n) is 2.72. The van der Waals surface area contributed by atoms with Gasteiger partial charge >= 0.3 is 0 Å². The third-order valence-corrected chi connectivity index (χ3v) is 3.80. The van der Waals surface area contributed by atoms with Crippen LogP contribution in [-0.4, -0.2) is 37.7 Å². The molecule has 7 heteroatoms. The summed E-state index contributed by atoms with van der Waals surface area (Å²) in [5.41, 5.74) is -1.25. The fourth-order valence-corrected chi connectivity index (χ4v) is 2.86. The summed E-state index contributed by atoms with van der Waals surface area (Å²) in [6, 6.07) is 0. The molecule has 106 valence electrons. The zero-order chi connectivity index (χ0) is 14.4. The van der Waals surface area contributed by atoms with Gasteiger partial charge in [-0.1, -0.05) is 48.7 Å². The van der Waals surface area contributed by atoms with E-state index in [-0.39, 0.29) is 5.41 Å². The van der Waals surface area contributed by atoms with E-state index in [1.54, 1.807) is 6.92 Å². The smallest absolute Gasteiger partial charge is 0.272 e. The minimum Gasteiger partial charge on any atom is -0.390 e. The second kappa shape index (κ2) is 4.98. The predicted molar refractivity (Wildman–Crippen MR) is 71.9 cm³/mol. The number of alkyl halides is 3. The molecule has 0 radical (unpaired) electrons. The Balaban J connectivity index is 2.92. The van der Waals surface area contributed by atoms with Crippen molar-refractivity contribution in [2.24, 2.45) is 5.41 Å². The Hall–Kier alpha value is 0.260. The molecule has 1 aliphatic carbocycles. The van der Waals surface area contributed by atoms with Crippen molar-refractivity contribution in [1.29, 1.82) is 0 Å². The molecule has 3 atom stereocenters. The second-order valence-corrected chi connectivity index (χ2v) is 8.21. The van der Waals surface area contributed by atoms with E-state index in [9.17, 15) is 15.0 Å². The lowest BCUT2D eigenvalue weighted by molar-refractivity contribution is -0.132. The molecule has 1 fully saturated rings. The first kappa shape index (κ1) is 16.3. The molecule has 1 saturated carbocycles. The molecule has 0 aliphatic heterocycles. The lowest BCUT2D eigenvalue weighted by Crippen LogP contribution is -2.65. The minimum atomic E-state index is -2.09. The number of halogens is 3. The lowest BCUT2D eigenvalue weighted by atomic mass is 9.66. The van der Waals surface area contributed by atoms with Gasteiger partial charge in [-0.3, -0.25) is 4.79 Å². The van der Waals surface area contributed by atoms with Crippen molar-refractivity contribution in [2.75, 3.05) is 0 Å². The summed E-state index contributed by atoms with van der Waals surface area (Å²) in [4.78, 5) is 11.7. The Morgan fingerprint density at radius 1 is 1.28 bits per heavy atom. The highest BCUT2D eigenvalue weighted by Gasteiger charge is 2.50. The summed E-state index contributed by atoms with van der Waals surface area (Å²) in [6.45, 7) is 5.53. The summed E-state index contributed by atoms with van der Waals surface area (Å²) < 4.78 is -2.09. The van der Waals surface area contributed by atoms with E-state index >= 15 is 0 Å². The molecule has 0 heterocycles. The van der Waals surface area contributed by atoms with E-state index in [0.717, 1.165) is 0 Å². The van der Waals surface area contributed by atoms with Crippen LogP contribution in [-0.2, 0) is 4.79 Å². The standard InChI is InChI=1S/C11H18Cl3NO3/c1-9(2)4-6(16)7(17)10(3,5-9)15-8(18)11(12,13)14/h6-7,16-17H,4-5H2,1-3H3,(H,15,18)/t6-,7-,10-/m1/s1. The first-order valence-corrected chi connectivity index (χ1v) is 6.76. The number of hydrogen-bond acceptors (Lipinski definition) is 3. The maximum atomic E-state index is 11.7. The van der Waals surface area contributed by atoms with Gasteiger partial charge in [0.25, 0.3) is 9.70 Å². The highest BCUT2D eigenvalue weighted by Crippen LogP contribution is 2.41. The summed E-state index contributed by atoms with van der Waals surface area (Å²) in [5.74, 6) is -0.807. The maximum absolute atomic E-state index is 11.7. The van der Waals surface area contributed by atoms with Crippen LogP contribution in [0.4, 0.5) is 0 Å². The molecule has 4 nitrogen and oxygen atoms in total. The van der Waals surface area contributed by atoms with Crippen LogP contribution in [0.2, 0.25) is 0 Å². The normalized spacial score (nSPS) is 36.2. The number of carbonyl (C=O) groups is 1. The number of amides is 1. The molecule has 0 aromatic carbocycles. The molecule has 1 rings (SSSR count). The van der Waals surface area contributed by atoms with E-state index in [1.165, 1.54) is 0 Å². The molecule has 18 heavy (non-hydrogen) atoms. The fraction of sp³-hybridized carbons (Fsp3) is 0.909. The molecule has 0 bridgehead atoms. The van der Waals surface area contributed by atoms with Gasteiger partial charge in [0.05, 0.1) is 11.6 Å². The van der Waals surface area contributed by atoms with Crippen molar-refractivity contribution in [2.45, 2.75) is 55.2 Å². The lowest BCUT2D eigenvalue weighted by Gasteiger charge is -2.49. The maximum Gasteiger partial charge on any atom is 0.272 e. The Morgan fingerprint density at radius 2 is 1.78 bits per heavy atom. The molecule has 0 aromatic heterocycles. The number of hydrogen-bond donors (Lipinski definition) is 3. The van der Waals surface area contributed by atoms with E-state index in [4.69, 9.17) is 34.8 Å². The Labute approximate surface area is 122 Å². The van der Waals surface area contributed by atoms with E-state index in [2.05, 4.69) is 5.32 Å². The number of carbonyl (C=O) groups excluding carboxylic acids is 1. The van der Waals surface area contributed by atoms with Crippen molar-refractivity contribution < 1.29 is 15.0 Å². The van der Waals surface area contributed by atoms with E-state index in [1.807, 2.05) is 13.8 Å². The molecule has 0 spiro atoms. The van der Waals surface area contributed by atoms with Crippen molar-refractivity contribution in [3.8, 4) is 0 Å². The van der Waals surface area contributed by atoms with Gasteiger partial charge in [0, 0.05) is 0 Å². The van der Waals surface area contributed by atoms with Crippen molar-refractivity contribution in [1.82, 2.24) is 5.32 Å². The summed E-state index contributed by atoms with van der Waals surface area (Å²) in [5, 5.41) is 22.4. The van der Waals surface area contributed by atoms with Crippen molar-refractivity contribution >= 4 is 40.7 Å². The summed E-state index contributed by atoms with van der Waals surface area (Å²) >= 11 is 16.5. The van der Waals surface area contributed by atoms with Gasteiger partial charge in [0.1, 0.15) is 6.10 Å². The molecular weight excluding hydrogens is 300 g/mol. The predicted octanol–water partition coefficient (Wildman–Crippen LogP) is 1.77. The minimum absolute atomic E-state index is 0.228. The van der Waals surface area contributed by atoms with Gasteiger partial charge in [-0.2, -0.15) is 0 Å². The van der Waals surface area contributed by atoms with Gasteiger partial charge in [0.2, 0.25) is 0 Å². The van der Waals surface area contributed by atoms with Crippen LogP contribution in [0.15, 0.2) is 0 Å². The highest BCUT2D eigenvalue weighted by molar-refractivity contribution is 6.76. The second-order valence-electron chi connectivity index (χ2n) is 5.93. The van der Waals surface area contributed by atoms with Crippen LogP contribution in [0.3, 0.4) is 0 Å². The van der Waals surface area contributed by atoms with Crippen LogP contribution >= 0.6 is 34.8 Å². The molecule has 0 unspecified atom stereocenters. The van der Waals surface area contributed by atoms with Gasteiger partial charge in [-0.15, -0.1) is 0 Å². The zero-order valence-corrected chi connectivity index (χ0v) is 12.8. The molecule has 1 amide bonds. The van der Waals surface area contributed by atoms with Gasteiger partial charge in [-0.25, -0.2) is 0 Å². The topological polar surface area (TPSA) is 69.6 Å². The van der Waals surface area contributed by atoms with Crippen LogP contribution in [0.25, 0.3) is 0 Å². The molecule has 3 N–H and O–H groups in total. The average Bonchev–Trinajstić information content (AvgIpc) is 2.10. The van der Waals surface area contributed by atoms with Gasteiger partial charge < -0.3 is 15.5 Å². The molecule has 0 saturated heterocycles. The highest BCUT2D eigenvalue weighted by atomic mass is 35.6. The third kappa shape index (κ3) is 3.64. The Bertz CT molecular complexity index is 343. The van der Waals surface area contributed by atoms with Crippen LogP contribution < -0.4 is 5.32 Å². The van der Waals surface area contributed by atoms with Crippen LogP contribution in [0, 0.1) is 5.41 Å². The van der Waals surface area contributed by atoms with Gasteiger partial charge in [-0.05, 0) is 25.2 Å². The Kier molecular flexibility index (Phi) is 4.52. The largest absolute Gasteiger partial charge is 0.390 e. The monoisotopic (exact) mass is 317 g/mol. The van der Waals surface area contributed by atoms with E-state index < -0.39 is 27.4 Å². The van der Waals surface area contributed by atoms with Crippen molar-refractivity contribution in [3.63, 3.8) is 0 Å². The average molecular weight is 319 g/mol. The molecule has 0 aromatic rings. The number of rotatable bonds is 1. The number of aliphatic hydroxyl groups is 2. The first-order chi connectivity index (χ1) is 7.87. The molecular formula is C11H18Cl3NO3. The summed E-state index contributed by atoms with van der Waals surface area (Å²) in [6.07, 6.45) is -1.09. The zero-order valence-electron chi connectivity index (χ0n) is 10.5.